The molecule has 1 saturated heterocycles. The van der Waals surface area contributed by atoms with Crippen molar-refractivity contribution in [1.82, 2.24) is 14.5 Å². The van der Waals surface area contributed by atoms with Crippen LogP contribution in [0.5, 0.6) is 5.75 Å². The van der Waals surface area contributed by atoms with E-state index in [4.69, 9.17) is 9.15 Å². The molecular formula is C18H23N3O5S. The maximum atomic E-state index is 12.7. The van der Waals surface area contributed by atoms with Crippen LogP contribution in [0.2, 0.25) is 0 Å². The van der Waals surface area contributed by atoms with E-state index in [9.17, 15) is 13.2 Å². The van der Waals surface area contributed by atoms with Crippen LogP contribution in [-0.2, 0) is 21.4 Å². The molecule has 0 spiro atoms. The van der Waals surface area contributed by atoms with E-state index in [0.29, 0.717) is 44.2 Å². The van der Waals surface area contributed by atoms with Crippen molar-refractivity contribution in [2.75, 3.05) is 39.8 Å². The van der Waals surface area contributed by atoms with E-state index < -0.39 is 10.0 Å². The minimum Gasteiger partial charge on any atom is -0.497 e. The van der Waals surface area contributed by atoms with Crippen molar-refractivity contribution >= 4 is 15.9 Å². The molecule has 3 rings (SSSR count). The molecule has 1 N–H and O–H groups in total. The number of methoxy groups -OCH3 is 1. The molecule has 1 fully saturated rings. The highest BCUT2D eigenvalue weighted by atomic mass is 32.2. The summed E-state index contributed by atoms with van der Waals surface area (Å²) in [6.45, 7) is 2.28. The molecule has 0 unspecified atom stereocenters. The standard InChI is InChI=1S/C18H23N3O5S/c1-25-15-4-6-17(7-5-15)27(23,24)21-10-8-20(9-11-21)14-18(22)19-13-16-3-2-12-26-16/h2-7,12H,8-11,13-14H2,1H3,(H,19,22). The number of benzene rings is 1. The minimum atomic E-state index is -3.54. The number of amides is 1. The number of carbonyl (C=O) groups is 1. The molecule has 1 aromatic carbocycles. The van der Waals surface area contributed by atoms with Gasteiger partial charge in [-0.15, -0.1) is 0 Å². The lowest BCUT2D eigenvalue weighted by Gasteiger charge is -2.33. The van der Waals surface area contributed by atoms with Crippen molar-refractivity contribution in [2.45, 2.75) is 11.4 Å². The number of hydrogen-bond donors (Lipinski definition) is 1. The highest BCUT2D eigenvalue weighted by molar-refractivity contribution is 7.89. The second kappa shape index (κ2) is 8.55. The Bertz CT molecular complexity index is 842. The van der Waals surface area contributed by atoms with E-state index in [1.54, 1.807) is 42.7 Å². The summed E-state index contributed by atoms with van der Waals surface area (Å²) in [6, 6.07) is 9.91. The molecule has 0 aliphatic carbocycles. The van der Waals surface area contributed by atoms with Gasteiger partial charge in [0, 0.05) is 26.2 Å². The van der Waals surface area contributed by atoms with Crippen LogP contribution in [-0.4, -0.2) is 63.4 Å². The number of carbonyl (C=O) groups excluding carboxylic acids is 1. The third-order valence-corrected chi connectivity index (χ3v) is 6.35. The Labute approximate surface area is 158 Å². The van der Waals surface area contributed by atoms with Gasteiger partial charge in [0.05, 0.1) is 31.4 Å². The summed E-state index contributed by atoms with van der Waals surface area (Å²) in [4.78, 5) is 14.2. The van der Waals surface area contributed by atoms with Gasteiger partial charge in [0.2, 0.25) is 15.9 Å². The lowest BCUT2D eigenvalue weighted by Crippen LogP contribution is -2.50. The molecule has 2 aromatic rings. The van der Waals surface area contributed by atoms with E-state index >= 15 is 0 Å². The van der Waals surface area contributed by atoms with Crippen molar-refractivity contribution < 1.29 is 22.4 Å². The first kappa shape index (κ1) is 19.4. The number of piperazine rings is 1. The van der Waals surface area contributed by atoms with Crippen molar-refractivity contribution in [3.63, 3.8) is 0 Å². The fourth-order valence-electron chi connectivity index (χ4n) is 2.88. The summed E-state index contributed by atoms with van der Waals surface area (Å²) in [5.41, 5.74) is 0. The summed E-state index contributed by atoms with van der Waals surface area (Å²) in [5, 5.41) is 2.79. The van der Waals surface area contributed by atoms with Crippen LogP contribution >= 0.6 is 0 Å². The van der Waals surface area contributed by atoms with Crippen LogP contribution in [0.4, 0.5) is 0 Å². The molecule has 0 saturated carbocycles. The molecular weight excluding hydrogens is 370 g/mol. The van der Waals surface area contributed by atoms with E-state index in [1.807, 2.05) is 4.90 Å². The first-order chi connectivity index (χ1) is 13.0. The first-order valence-corrected chi connectivity index (χ1v) is 10.1. The zero-order chi connectivity index (χ0) is 19.3. The first-order valence-electron chi connectivity index (χ1n) is 8.64. The number of sulfonamides is 1. The zero-order valence-electron chi connectivity index (χ0n) is 15.1. The Kier molecular flexibility index (Phi) is 6.15. The lowest BCUT2D eigenvalue weighted by atomic mass is 10.3. The molecule has 9 heteroatoms. The normalized spacial score (nSPS) is 16.2. The summed E-state index contributed by atoms with van der Waals surface area (Å²) < 4.78 is 37.1. The SMILES string of the molecule is COc1ccc(S(=O)(=O)N2CCN(CC(=O)NCc3ccco3)CC2)cc1. The topological polar surface area (TPSA) is 92.1 Å². The number of rotatable bonds is 7. The van der Waals surface area contributed by atoms with Crippen LogP contribution in [0.25, 0.3) is 0 Å². The monoisotopic (exact) mass is 393 g/mol. The molecule has 0 atom stereocenters. The molecule has 1 aliphatic rings. The van der Waals surface area contributed by atoms with Crippen molar-refractivity contribution in [2.24, 2.45) is 0 Å². The number of ether oxygens (including phenoxy) is 1. The highest BCUT2D eigenvalue weighted by Crippen LogP contribution is 2.20. The average molecular weight is 393 g/mol. The Morgan fingerprint density at radius 3 is 2.44 bits per heavy atom. The second-order valence-corrected chi connectivity index (χ2v) is 8.15. The van der Waals surface area contributed by atoms with Gasteiger partial charge in [-0.1, -0.05) is 0 Å². The second-order valence-electron chi connectivity index (χ2n) is 6.21. The number of nitrogens with one attached hydrogen (secondary N) is 1. The molecule has 2 heterocycles. The largest absolute Gasteiger partial charge is 0.497 e. The summed E-state index contributed by atoms with van der Waals surface area (Å²) in [6.07, 6.45) is 1.56. The van der Waals surface area contributed by atoms with Gasteiger partial charge < -0.3 is 14.5 Å². The molecule has 1 aromatic heterocycles. The zero-order valence-corrected chi connectivity index (χ0v) is 15.9. The predicted octanol–water partition coefficient (Wildman–Crippen LogP) is 0.911. The van der Waals surface area contributed by atoms with E-state index in [1.165, 1.54) is 11.4 Å². The van der Waals surface area contributed by atoms with Crippen LogP contribution in [0.15, 0.2) is 52.0 Å². The van der Waals surface area contributed by atoms with Crippen molar-refractivity contribution in [3.05, 3.63) is 48.4 Å². The molecule has 1 amide bonds. The maximum absolute atomic E-state index is 12.7. The highest BCUT2D eigenvalue weighted by Gasteiger charge is 2.29. The number of nitrogens with zero attached hydrogens (tertiary/aromatic N) is 2. The van der Waals surface area contributed by atoms with Gasteiger partial charge in [0.25, 0.3) is 0 Å². The fourth-order valence-corrected chi connectivity index (χ4v) is 4.30. The summed E-state index contributed by atoms with van der Waals surface area (Å²) in [7, 11) is -2.01. The van der Waals surface area contributed by atoms with Crippen molar-refractivity contribution in [3.8, 4) is 5.75 Å². The van der Waals surface area contributed by atoms with E-state index in [0.717, 1.165) is 0 Å². The molecule has 0 radical (unpaired) electrons. The Morgan fingerprint density at radius 2 is 1.85 bits per heavy atom. The van der Waals surface area contributed by atoms with Gasteiger partial charge >= 0.3 is 0 Å². The lowest BCUT2D eigenvalue weighted by molar-refractivity contribution is -0.122. The molecule has 0 bridgehead atoms. The minimum absolute atomic E-state index is 0.113. The van der Waals surface area contributed by atoms with Gasteiger partial charge in [-0.3, -0.25) is 9.69 Å². The molecule has 1 aliphatic heterocycles. The van der Waals surface area contributed by atoms with Gasteiger partial charge in [-0.2, -0.15) is 4.31 Å². The van der Waals surface area contributed by atoms with E-state index in [-0.39, 0.29) is 17.3 Å². The van der Waals surface area contributed by atoms with Gasteiger partial charge in [-0.25, -0.2) is 8.42 Å². The Balaban J connectivity index is 1.49. The van der Waals surface area contributed by atoms with Crippen molar-refractivity contribution in [1.29, 1.82) is 0 Å². The molecule has 8 nitrogen and oxygen atoms in total. The quantitative estimate of drug-likeness (QED) is 0.752. The number of furan rings is 1. The number of hydrogen-bond acceptors (Lipinski definition) is 6. The summed E-state index contributed by atoms with van der Waals surface area (Å²) >= 11 is 0. The smallest absolute Gasteiger partial charge is 0.243 e. The van der Waals surface area contributed by atoms with E-state index in [2.05, 4.69) is 5.32 Å². The van der Waals surface area contributed by atoms with Crippen LogP contribution < -0.4 is 10.1 Å². The predicted molar refractivity (Wildman–Crippen MR) is 98.7 cm³/mol. The third kappa shape index (κ3) is 4.88. The Hall–Kier alpha value is -2.36. The van der Waals surface area contributed by atoms with Crippen LogP contribution in [0.3, 0.4) is 0 Å². The molecule has 146 valence electrons. The Morgan fingerprint density at radius 1 is 1.15 bits per heavy atom. The van der Waals surface area contributed by atoms with Gasteiger partial charge in [-0.05, 0) is 36.4 Å². The van der Waals surface area contributed by atoms with Crippen LogP contribution in [0.1, 0.15) is 5.76 Å². The van der Waals surface area contributed by atoms with Gasteiger partial charge in [0.15, 0.2) is 0 Å². The third-order valence-electron chi connectivity index (χ3n) is 4.44. The summed E-state index contributed by atoms with van der Waals surface area (Å²) in [5.74, 6) is 1.19. The maximum Gasteiger partial charge on any atom is 0.243 e. The average Bonchev–Trinajstić information content (AvgIpc) is 3.20. The van der Waals surface area contributed by atoms with Gasteiger partial charge in [0.1, 0.15) is 11.5 Å². The van der Waals surface area contributed by atoms with Crippen LogP contribution in [0, 0.1) is 0 Å². The fraction of sp³-hybridized carbons (Fsp3) is 0.389. The molecule has 27 heavy (non-hydrogen) atoms.